The van der Waals surface area contributed by atoms with Crippen molar-refractivity contribution in [2.24, 2.45) is 0 Å². The third-order valence-corrected chi connectivity index (χ3v) is 6.02. The number of benzene rings is 2. The standard InChI is InChI=1S/C20H20ClFN4O2S/c1-12-8-15(21)18(28-7-6-27)9-16(12)23-20-25-24-19-11-29-10-17(26(19)20)13-2-4-14(22)5-3-13/h2-5,8-9,17,27H,6-7,10-11H2,1H3,(H,23,25). The quantitative estimate of drug-likeness (QED) is 0.601. The smallest absolute Gasteiger partial charge is 0.229 e. The van der Waals surface area contributed by atoms with E-state index in [1.807, 2.05) is 6.92 Å². The zero-order chi connectivity index (χ0) is 20.4. The maximum atomic E-state index is 13.4. The fourth-order valence-corrected chi connectivity index (χ4v) is 4.61. The third kappa shape index (κ3) is 4.19. The minimum Gasteiger partial charge on any atom is -0.490 e. The minimum absolute atomic E-state index is 0.000402. The number of hydrogen-bond donors (Lipinski definition) is 2. The molecule has 0 aliphatic carbocycles. The summed E-state index contributed by atoms with van der Waals surface area (Å²) in [7, 11) is 0. The molecule has 0 radical (unpaired) electrons. The number of aryl methyl sites for hydroxylation is 1. The number of aromatic nitrogens is 3. The third-order valence-electron chi connectivity index (χ3n) is 4.71. The van der Waals surface area contributed by atoms with Gasteiger partial charge in [0.15, 0.2) is 0 Å². The fraction of sp³-hybridized carbons (Fsp3) is 0.300. The van der Waals surface area contributed by atoms with E-state index >= 15 is 0 Å². The first-order valence-corrected chi connectivity index (χ1v) is 10.7. The van der Waals surface area contributed by atoms with Crippen molar-refractivity contribution in [2.75, 3.05) is 24.3 Å². The summed E-state index contributed by atoms with van der Waals surface area (Å²) >= 11 is 8.02. The molecule has 1 aromatic heterocycles. The zero-order valence-electron chi connectivity index (χ0n) is 15.7. The number of nitrogens with zero attached hydrogens (tertiary/aromatic N) is 3. The van der Waals surface area contributed by atoms with Crippen molar-refractivity contribution in [3.8, 4) is 5.75 Å². The molecule has 0 spiro atoms. The molecular weight excluding hydrogens is 415 g/mol. The van der Waals surface area contributed by atoms with Gasteiger partial charge in [0.2, 0.25) is 5.95 Å². The summed E-state index contributed by atoms with van der Waals surface area (Å²) in [5.41, 5.74) is 2.71. The van der Waals surface area contributed by atoms with Gasteiger partial charge in [0.05, 0.1) is 23.4 Å². The predicted molar refractivity (Wildman–Crippen MR) is 113 cm³/mol. The molecule has 0 amide bonds. The highest BCUT2D eigenvalue weighted by atomic mass is 35.5. The second kappa shape index (κ2) is 8.61. The lowest BCUT2D eigenvalue weighted by atomic mass is 10.1. The molecule has 0 saturated heterocycles. The number of hydrogen-bond acceptors (Lipinski definition) is 6. The number of thioether (sulfide) groups is 1. The van der Waals surface area contributed by atoms with Crippen LogP contribution >= 0.6 is 23.4 Å². The monoisotopic (exact) mass is 434 g/mol. The Morgan fingerprint density at radius 1 is 1.31 bits per heavy atom. The molecular formula is C20H20ClFN4O2S. The van der Waals surface area contributed by atoms with Crippen LogP contribution in [0.2, 0.25) is 5.02 Å². The number of aliphatic hydroxyl groups excluding tert-OH is 1. The van der Waals surface area contributed by atoms with Gasteiger partial charge in [-0.1, -0.05) is 23.7 Å². The number of aliphatic hydroxyl groups is 1. The number of nitrogens with one attached hydrogen (secondary N) is 1. The van der Waals surface area contributed by atoms with Crippen LogP contribution in [0.25, 0.3) is 0 Å². The van der Waals surface area contributed by atoms with E-state index in [2.05, 4.69) is 20.1 Å². The van der Waals surface area contributed by atoms with Crippen LogP contribution in [0.15, 0.2) is 36.4 Å². The van der Waals surface area contributed by atoms with E-state index in [0.717, 1.165) is 34.1 Å². The predicted octanol–water partition coefficient (Wildman–Crippen LogP) is 4.33. The van der Waals surface area contributed by atoms with Gasteiger partial charge in [-0.05, 0) is 36.2 Å². The summed E-state index contributed by atoms with van der Waals surface area (Å²) in [4.78, 5) is 0. The van der Waals surface area contributed by atoms with Crippen LogP contribution in [0.4, 0.5) is 16.0 Å². The zero-order valence-corrected chi connectivity index (χ0v) is 17.3. The molecule has 4 rings (SSSR count). The van der Waals surface area contributed by atoms with Gasteiger partial charge in [-0.25, -0.2) is 4.39 Å². The van der Waals surface area contributed by atoms with Gasteiger partial charge in [0.25, 0.3) is 0 Å². The normalized spacial score (nSPS) is 15.8. The SMILES string of the molecule is Cc1cc(Cl)c(OCCO)cc1Nc1nnc2n1C(c1ccc(F)cc1)CSC2. The van der Waals surface area contributed by atoms with Gasteiger partial charge < -0.3 is 15.2 Å². The molecule has 0 bridgehead atoms. The first-order valence-electron chi connectivity index (χ1n) is 9.14. The van der Waals surface area contributed by atoms with Crippen molar-refractivity contribution in [1.29, 1.82) is 0 Å². The highest BCUT2D eigenvalue weighted by Crippen LogP contribution is 2.37. The van der Waals surface area contributed by atoms with Gasteiger partial charge in [-0.2, -0.15) is 11.8 Å². The van der Waals surface area contributed by atoms with Crippen molar-refractivity contribution in [3.05, 3.63) is 64.2 Å². The molecule has 1 atom stereocenters. The van der Waals surface area contributed by atoms with Crippen LogP contribution in [-0.4, -0.2) is 38.8 Å². The largest absolute Gasteiger partial charge is 0.490 e. The maximum absolute atomic E-state index is 13.4. The van der Waals surface area contributed by atoms with E-state index in [1.54, 1.807) is 36.0 Å². The average molecular weight is 435 g/mol. The molecule has 1 unspecified atom stereocenters. The van der Waals surface area contributed by atoms with E-state index in [-0.39, 0.29) is 25.1 Å². The minimum atomic E-state index is -0.258. The number of halogens is 2. The summed E-state index contributed by atoms with van der Waals surface area (Å²) in [6.45, 7) is 2.00. The van der Waals surface area contributed by atoms with Crippen LogP contribution in [0.5, 0.6) is 5.75 Å². The molecule has 1 aliphatic heterocycles. The first kappa shape index (κ1) is 20.0. The van der Waals surface area contributed by atoms with Crippen molar-refractivity contribution >= 4 is 35.0 Å². The van der Waals surface area contributed by atoms with Gasteiger partial charge in [0, 0.05) is 17.5 Å². The second-order valence-corrected chi connectivity index (χ2v) is 8.12. The summed E-state index contributed by atoms with van der Waals surface area (Å²) < 4.78 is 20.9. The van der Waals surface area contributed by atoms with Crippen molar-refractivity contribution < 1.29 is 14.2 Å². The molecule has 2 heterocycles. The van der Waals surface area contributed by atoms with Gasteiger partial charge in [0.1, 0.15) is 24.0 Å². The van der Waals surface area contributed by atoms with E-state index in [4.69, 9.17) is 21.4 Å². The molecule has 2 aromatic carbocycles. The Labute approximate surface area is 177 Å². The van der Waals surface area contributed by atoms with E-state index in [1.165, 1.54) is 12.1 Å². The van der Waals surface area contributed by atoms with Crippen molar-refractivity contribution in [3.63, 3.8) is 0 Å². The van der Waals surface area contributed by atoms with Crippen LogP contribution in [-0.2, 0) is 5.75 Å². The molecule has 6 nitrogen and oxygen atoms in total. The summed E-state index contributed by atoms with van der Waals surface area (Å²) in [6, 6.07) is 10.1. The molecule has 0 fully saturated rings. The molecule has 2 N–H and O–H groups in total. The Bertz CT molecular complexity index is 1010. The van der Waals surface area contributed by atoms with Gasteiger partial charge in [-0.3, -0.25) is 4.57 Å². The summed E-state index contributed by atoms with van der Waals surface area (Å²) in [5, 5.41) is 21.5. The Hall–Kier alpha value is -2.29. The lowest BCUT2D eigenvalue weighted by Gasteiger charge is -2.26. The lowest BCUT2D eigenvalue weighted by Crippen LogP contribution is -2.21. The topological polar surface area (TPSA) is 72.2 Å². The highest BCUT2D eigenvalue weighted by molar-refractivity contribution is 7.98. The van der Waals surface area contributed by atoms with Gasteiger partial charge >= 0.3 is 0 Å². The van der Waals surface area contributed by atoms with Crippen molar-refractivity contribution in [2.45, 2.75) is 18.7 Å². The Kier molecular flexibility index (Phi) is 5.94. The summed E-state index contributed by atoms with van der Waals surface area (Å²) in [5.74, 6) is 3.30. The maximum Gasteiger partial charge on any atom is 0.229 e. The molecule has 152 valence electrons. The van der Waals surface area contributed by atoms with E-state index in [9.17, 15) is 4.39 Å². The molecule has 0 saturated carbocycles. The fourth-order valence-electron chi connectivity index (χ4n) is 3.28. The Balaban J connectivity index is 1.68. The van der Waals surface area contributed by atoms with Crippen LogP contribution in [0, 0.1) is 12.7 Å². The van der Waals surface area contributed by atoms with Crippen LogP contribution < -0.4 is 10.1 Å². The molecule has 3 aromatic rings. The van der Waals surface area contributed by atoms with Crippen LogP contribution in [0.3, 0.4) is 0 Å². The number of rotatable bonds is 6. The number of fused-ring (bicyclic) bond motifs is 1. The average Bonchev–Trinajstić information content (AvgIpc) is 3.13. The van der Waals surface area contributed by atoms with Crippen molar-refractivity contribution in [1.82, 2.24) is 14.8 Å². The first-order chi connectivity index (χ1) is 14.1. The molecule has 29 heavy (non-hydrogen) atoms. The molecule has 1 aliphatic rings. The summed E-state index contributed by atoms with van der Waals surface area (Å²) in [6.07, 6.45) is 0. The Morgan fingerprint density at radius 2 is 2.10 bits per heavy atom. The van der Waals surface area contributed by atoms with Gasteiger partial charge in [-0.15, -0.1) is 10.2 Å². The van der Waals surface area contributed by atoms with E-state index in [0.29, 0.717) is 16.7 Å². The Morgan fingerprint density at radius 3 is 2.86 bits per heavy atom. The number of ether oxygens (including phenoxy) is 1. The van der Waals surface area contributed by atoms with E-state index < -0.39 is 0 Å². The second-order valence-electron chi connectivity index (χ2n) is 6.69. The lowest BCUT2D eigenvalue weighted by molar-refractivity contribution is 0.201. The highest BCUT2D eigenvalue weighted by Gasteiger charge is 2.27. The molecule has 9 heteroatoms. The van der Waals surface area contributed by atoms with Crippen LogP contribution in [0.1, 0.15) is 23.0 Å². The number of anilines is 2.